The van der Waals surface area contributed by atoms with Gasteiger partial charge in [-0.1, -0.05) is 0 Å². The van der Waals surface area contributed by atoms with Gasteiger partial charge in [0, 0.05) is 21.5 Å². The van der Waals surface area contributed by atoms with E-state index in [1.165, 1.54) is 18.5 Å². The van der Waals surface area contributed by atoms with Crippen LogP contribution in [0.3, 0.4) is 0 Å². The van der Waals surface area contributed by atoms with Crippen molar-refractivity contribution in [1.82, 2.24) is 4.98 Å². The summed E-state index contributed by atoms with van der Waals surface area (Å²) in [5.74, 6) is -1.45. The number of aromatic carboxylic acids is 1. The van der Waals surface area contributed by atoms with E-state index >= 15 is 0 Å². The van der Waals surface area contributed by atoms with Gasteiger partial charge in [0.05, 0.1) is 11.3 Å². The van der Waals surface area contributed by atoms with Crippen molar-refractivity contribution >= 4 is 40.2 Å². The molecule has 1 aromatic carbocycles. The highest BCUT2D eigenvalue weighted by molar-refractivity contribution is 14.1. The number of hydrogen-bond donors (Lipinski definition) is 2. The summed E-state index contributed by atoms with van der Waals surface area (Å²) in [5, 5.41) is 11.7. The van der Waals surface area contributed by atoms with E-state index in [1.807, 2.05) is 22.6 Å². The summed E-state index contributed by atoms with van der Waals surface area (Å²) >= 11 is 2.02. The Morgan fingerprint density at radius 3 is 2.47 bits per heavy atom. The van der Waals surface area contributed by atoms with Gasteiger partial charge in [-0.15, -0.1) is 0 Å². The summed E-state index contributed by atoms with van der Waals surface area (Å²) in [6.07, 6.45) is 3.00. The normalized spacial score (nSPS) is 9.95. The minimum atomic E-state index is -1.08. The van der Waals surface area contributed by atoms with Crippen molar-refractivity contribution in [2.45, 2.75) is 0 Å². The molecule has 1 amide bonds. The molecule has 0 bridgehead atoms. The van der Waals surface area contributed by atoms with Gasteiger partial charge >= 0.3 is 5.97 Å². The maximum Gasteiger partial charge on any atom is 0.337 e. The van der Waals surface area contributed by atoms with Crippen LogP contribution in [0.15, 0.2) is 42.7 Å². The fourth-order valence-electron chi connectivity index (χ4n) is 1.50. The second-order valence-corrected chi connectivity index (χ2v) is 4.93. The lowest BCUT2D eigenvalue weighted by atomic mass is 10.1. The number of anilines is 1. The summed E-state index contributed by atoms with van der Waals surface area (Å²) in [4.78, 5) is 26.9. The standard InChI is InChI=1S/C13H9IN2O3/c14-9-1-2-11(10(7-9)13(18)19)16-12(17)8-3-5-15-6-4-8/h1-7H,(H,16,17)(H,18,19). The van der Waals surface area contributed by atoms with Crippen molar-refractivity contribution in [3.05, 3.63) is 57.4 Å². The Balaban J connectivity index is 2.29. The van der Waals surface area contributed by atoms with Crippen LogP contribution in [0.4, 0.5) is 5.69 Å². The SMILES string of the molecule is O=C(Nc1ccc(I)cc1C(=O)O)c1ccncc1. The third kappa shape index (κ3) is 3.28. The number of rotatable bonds is 3. The van der Waals surface area contributed by atoms with E-state index in [2.05, 4.69) is 10.3 Å². The van der Waals surface area contributed by atoms with Crippen molar-refractivity contribution in [3.8, 4) is 0 Å². The molecule has 0 aliphatic rings. The van der Waals surface area contributed by atoms with E-state index in [1.54, 1.807) is 24.3 Å². The van der Waals surface area contributed by atoms with Crippen molar-refractivity contribution in [2.24, 2.45) is 0 Å². The van der Waals surface area contributed by atoms with Crippen molar-refractivity contribution in [3.63, 3.8) is 0 Å². The number of benzene rings is 1. The number of amides is 1. The lowest BCUT2D eigenvalue weighted by molar-refractivity contribution is 0.0698. The van der Waals surface area contributed by atoms with Crippen LogP contribution >= 0.6 is 22.6 Å². The van der Waals surface area contributed by atoms with E-state index in [9.17, 15) is 9.59 Å². The fourth-order valence-corrected chi connectivity index (χ4v) is 1.99. The zero-order valence-corrected chi connectivity index (χ0v) is 11.8. The fraction of sp³-hybridized carbons (Fsp3) is 0. The molecule has 96 valence electrons. The van der Waals surface area contributed by atoms with Gasteiger partial charge in [0.15, 0.2) is 0 Å². The molecule has 0 spiro atoms. The Bertz CT molecular complexity index is 629. The quantitative estimate of drug-likeness (QED) is 0.817. The molecule has 0 saturated heterocycles. The van der Waals surface area contributed by atoms with Gasteiger partial charge in [-0.05, 0) is 52.9 Å². The van der Waals surface area contributed by atoms with Crippen LogP contribution in [-0.4, -0.2) is 22.0 Å². The first-order chi connectivity index (χ1) is 9.08. The first kappa shape index (κ1) is 13.5. The first-order valence-corrected chi connectivity index (χ1v) is 6.40. The third-order valence-electron chi connectivity index (χ3n) is 2.40. The molecule has 0 aliphatic carbocycles. The van der Waals surface area contributed by atoms with E-state index in [0.29, 0.717) is 5.56 Å². The number of carbonyl (C=O) groups excluding carboxylic acids is 1. The van der Waals surface area contributed by atoms with Crippen LogP contribution in [0.25, 0.3) is 0 Å². The monoisotopic (exact) mass is 368 g/mol. The molecule has 0 atom stereocenters. The Morgan fingerprint density at radius 2 is 1.84 bits per heavy atom. The zero-order chi connectivity index (χ0) is 13.8. The molecule has 0 unspecified atom stereocenters. The van der Waals surface area contributed by atoms with Gasteiger partial charge in [0.2, 0.25) is 0 Å². The highest BCUT2D eigenvalue weighted by Crippen LogP contribution is 2.19. The van der Waals surface area contributed by atoms with Crippen molar-refractivity contribution in [2.75, 3.05) is 5.32 Å². The predicted octanol–water partition coefficient (Wildman–Crippen LogP) is 2.64. The largest absolute Gasteiger partial charge is 0.478 e. The van der Waals surface area contributed by atoms with Crippen LogP contribution < -0.4 is 5.32 Å². The van der Waals surface area contributed by atoms with Crippen LogP contribution in [0.5, 0.6) is 0 Å². The van der Waals surface area contributed by atoms with E-state index in [-0.39, 0.29) is 17.2 Å². The smallest absolute Gasteiger partial charge is 0.337 e. The summed E-state index contributed by atoms with van der Waals surface area (Å²) in [6, 6.07) is 7.93. The molecule has 0 radical (unpaired) electrons. The molecule has 0 aliphatic heterocycles. The molecule has 0 fully saturated rings. The molecule has 2 aromatic rings. The lowest BCUT2D eigenvalue weighted by Gasteiger charge is -2.08. The van der Waals surface area contributed by atoms with Gasteiger partial charge in [-0.2, -0.15) is 0 Å². The van der Waals surface area contributed by atoms with Gasteiger partial charge in [0.25, 0.3) is 5.91 Å². The average Bonchev–Trinajstić information content (AvgIpc) is 2.41. The number of carboxylic acids is 1. The summed E-state index contributed by atoms with van der Waals surface area (Å²) in [6.45, 7) is 0. The Hall–Kier alpha value is -1.96. The number of carboxylic acid groups (broad SMARTS) is 1. The zero-order valence-electron chi connectivity index (χ0n) is 9.63. The molecular weight excluding hydrogens is 359 g/mol. The molecule has 1 aromatic heterocycles. The average molecular weight is 368 g/mol. The summed E-state index contributed by atoms with van der Waals surface area (Å²) in [7, 11) is 0. The molecule has 19 heavy (non-hydrogen) atoms. The van der Waals surface area contributed by atoms with Gasteiger partial charge in [0.1, 0.15) is 0 Å². The van der Waals surface area contributed by atoms with Gasteiger partial charge < -0.3 is 10.4 Å². The molecule has 6 heteroatoms. The minimum absolute atomic E-state index is 0.0642. The lowest BCUT2D eigenvalue weighted by Crippen LogP contribution is -2.15. The topological polar surface area (TPSA) is 79.3 Å². The second-order valence-electron chi connectivity index (χ2n) is 3.69. The second kappa shape index (κ2) is 5.79. The van der Waals surface area contributed by atoms with Crippen LogP contribution in [0, 0.1) is 3.57 Å². The maximum absolute atomic E-state index is 11.9. The first-order valence-electron chi connectivity index (χ1n) is 5.32. The van der Waals surface area contributed by atoms with Crippen molar-refractivity contribution < 1.29 is 14.7 Å². The van der Waals surface area contributed by atoms with Crippen LogP contribution in [0.1, 0.15) is 20.7 Å². The summed E-state index contributed by atoms with van der Waals surface area (Å²) in [5.41, 5.74) is 0.758. The maximum atomic E-state index is 11.9. The van der Waals surface area contributed by atoms with Crippen molar-refractivity contribution in [1.29, 1.82) is 0 Å². The Morgan fingerprint density at radius 1 is 1.16 bits per heavy atom. The highest BCUT2D eigenvalue weighted by Gasteiger charge is 2.13. The van der Waals surface area contributed by atoms with Gasteiger partial charge in [-0.3, -0.25) is 9.78 Å². The molecular formula is C13H9IN2O3. The summed E-state index contributed by atoms with van der Waals surface area (Å²) < 4.78 is 0.789. The number of nitrogens with zero attached hydrogens (tertiary/aromatic N) is 1. The Kier molecular flexibility index (Phi) is 4.10. The van der Waals surface area contributed by atoms with Gasteiger partial charge in [-0.25, -0.2) is 4.79 Å². The molecule has 2 rings (SSSR count). The molecule has 5 nitrogen and oxygen atoms in total. The number of pyridine rings is 1. The number of hydrogen-bond acceptors (Lipinski definition) is 3. The molecule has 1 heterocycles. The van der Waals surface area contributed by atoms with E-state index in [4.69, 9.17) is 5.11 Å². The van der Waals surface area contributed by atoms with E-state index in [0.717, 1.165) is 3.57 Å². The molecule has 0 saturated carbocycles. The predicted molar refractivity (Wildman–Crippen MR) is 78.3 cm³/mol. The van der Waals surface area contributed by atoms with E-state index < -0.39 is 5.97 Å². The molecule has 2 N–H and O–H groups in total. The van der Waals surface area contributed by atoms with Crippen LogP contribution in [0.2, 0.25) is 0 Å². The minimum Gasteiger partial charge on any atom is -0.478 e. The Labute approximate surface area is 122 Å². The third-order valence-corrected chi connectivity index (χ3v) is 3.07. The number of halogens is 1. The van der Waals surface area contributed by atoms with Crippen LogP contribution in [-0.2, 0) is 0 Å². The highest BCUT2D eigenvalue weighted by atomic mass is 127. The number of nitrogens with one attached hydrogen (secondary N) is 1. The number of aromatic nitrogens is 1. The number of carbonyl (C=O) groups is 2.